The molecule has 2 unspecified atom stereocenters. The maximum absolute atomic E-state index is 10.9. The van der Waals surface area contributed by atoms with Crippen molar-refractivity contribution < 1.29 is 4.79 Å². The molecule has 0 aliphatic heterocycles. The molecule has 0 aliphatic rings. The topological polar surface area (TPSA) is 55.1 Å². The fraction of sp³-hybridized carbons (Fsp3) is 0.312. The number of nitrogens with one attached hydrogen (secondary N) is 1. The van der Waals surface area contributed by atoms with Gasteiger partial charge in [-0.15, -0.1) is 0 Å². The molecule has 3 N–H and O–H groups in total. The number of rotatable bonds is 5. The fourth-order valence-electron chi connectivity index (χ4n) is 2.51. The van der Waals surface area contributed by atoms with Crippen molar-refractivity contribution in [2.45, 2.75) is 32.4 Å². The molecule has 0 aliphatic carbocycles. The van der Waals surface area contributed by atoms with Gasteiger partial charge in [0.2, 0.25) is 5.91 Å². The summed E-state index contributed by atoms with van der Waals surface area (Å²) in [7, 11) is 0. The molecule has 0 saturated heterocycles. The molecule has 2 atom stereocenters. The van der Waals surface area contributed by atoms with E-state index in [-0.39, 0.29) is 18.0 Å². The van der Waals surface area contributed by atoms with E-state index in [0.29, 0.717) is 6.42 Å². The normalized spacial score (nSPS) is 14.2. The number of fused-ring (bicyclic) bond motifs is 1. The maximum Gasteiger partial charge on any atom is 0.218 e. The molecule has 3 heteroatoms. The van der Waals surface area contributed by atoms with Gasteiger partial charge in [-0.1, -0.05) is 42.5 Å². The van der Waals surface area contributed by atoms with Crippen molar-refractivity contribution in [3.05, 3.63) is 48.0 Å². The summed E-state index contributed by atoms with van der Waals surface area (Å²) in [5.74, 6) is -0.273. The van der Waals surface area contributed by atoms with Crippen LogP contribution in [0.25, 0.3) is 10.8 Å². The minimum absolute atomic E-state index is 0.0754. The van der Waals surface area contributed by atoms with E-state index < -0.39 is 0 Å². The van der Waals surface area contributed by atoms with Crippen LogP contribution in [0.3, 0.4) is 0 Å². The fourth-order valence-corrected chi connectivity index (χ4v) is 2.51. The summed E-state index contributed by atoms with van der Waals surface area (Å²) in [6, 6.07) is 14.9. The number of benzene rings is 2. The summed E-state index contributed by atoms with van der Waals surface area (Å²) in [5.41, 5.74) is 6.46. The molecule has 2 rings (SSSR count). The second kappa shape index (κ2) is 5.85. The number of carbonyl (C=O) groups excluding carboxylic acids is 1. The van der Waals surface area contributed by atoms with Crippen LogP contribution < -0.4 is 11.1 Å². The standard InChI is InChI=1S/C16H20N2O/c1-11(10-16(17)19)18-12(2)14-9-5-7-13-6-3-4-8-15(13)14/h3-9,11-12,18H,10H2,1-2H3,(H2,17,19). The number of hydrogen-bond acceptors (Lipinski definition) is 2. The second-order valence-electron chi connectivity index (χ2n) is 5.03. The van der Waals surface area contributed by atoms with Crippen molar-refractivity contribution in [2.75, 3.05) is 0 Å². The predicted octanol–water partition coefficient (Wildman–Crippen LogP) is 2.75. The van der Waals surface area contributed by atoms with Crippen LogP contribution in [0.4, 0.5) is 0 Å². The highest BCUT2D eigenvalue weighted by Gasteiger charge is 2.13. The van der Waals surface area contributed by atoms with Gasteiger partial charge in [0, 0.05) is 18.5 Å². The SMILES string of the molecule is CC(CC(N)=O)NC(C)c1cccc2ccccc12. The van der Waals surface area contributed by atoms with Gasteiger partial charge in [-0.05, 0) is 30.2 Å². The smallest absolute Gasteiger partial charge is 0.218 e. The van der Waals surface area contributed by atoms with Crippen molar-refractivity contribution in [3.8, 4) is 0 Å². The molecule has 3 nitrogen and oxygen atoms in total. The van der Waals surface area contributed by atoms with E-state index in [4.69, 9.17) is 5.73 Å². The molecule has 0 bridgehead atoms. The average Bonchev–Trinajstić information content (AvgIpc) is 2.36. The lowest BCUT2D eigenvalue weighted by atomic mass is 9.99. The van der Waals surface area contributed by atoms with E-state index in [9.17, 15) is 4.79 Å². The molecular formula is C16H20N2O. The molecule has 0 saturated carbocycles. The van der Waals surface area contributed by atoms with Gasteiger partial charge in [0.15, 0.2) is 0 Å². The Labute approximate surface area is 113 Å². The number of primary amides is 1. The molecule has 0 radical (unpaired) electrons. The van der Waals surface area contributed by atoms with Gasteiger partial charge in [0.1, 0.15) is 0 Å². The minimum atomic E-state index is -0.273. The van der Waals surface area contributed by atoms with Crippen LogP contribution in [-0.2, 0) is 4.79 Å². The van der Waals surface area contributed by atoms with Crippen LogP contribution in [-0.4, -0.2) is 11.9 Å². The molecule has 1 amide bonds. The van der Waals surface area contributed by atoms with E-state index in [0.717, 1.165) is 0 Å². The van der Waals surface area contributed by atoms with E-state index in [1.54, 1.807) is 0 Å². The van der Waals surface area contributed by atoms with Crippen molar-refractivity contribution >= 4 is 16.7 Å². The molecule has 0 aromatic heterocycles. The van der Waals surface area contributed by atoms with Crippen molar-refractivity contribution in [1.29, 1.82) is 0 Å². The highest BCUT2D eigenvalue weighted by atomic mass is 16.1. The average molecular weight is 256 g/mol. The lowest BCUT2D eigenvalue weighted by Gasteiger charge is -2.20. The summed E-state index contributed by atoms with van der Waals surface area (Å²) in [6.45, 7) is 4.09. The van der Waals surface area contributed by atoms with E-state index in [2.05, 4.69) is 42.6 Å². The lowest BCUT2D eigenvalue weighted by molar-refractivity contribution is -0.118. The third kappa shape index (κ3) is 3.32. The third-order valence-corrected chi connectivity index (χ3v) is 3.33. The van der Waals surface area contributed by atoms with Crippen LogP contribution in [0, 0.1) is 0 Å². The quantitative estimate of drug-likeness (QED) is 0.864. The Hall–Kier alpha value is -1.87. The predicted molar refractivity (Wildman–Crippen MR) is 78.8 cm³/mol. The van der Waals surface area contributed by atoms with Gasteiger partial charge in [0.05, 0.1) is 0 Å². The molecule has 0 heterocycles. The first kappa shape index (κ1) is 13.6. The first-order valence-electron chi connectivity index (χ1n) is 6.60. The number of nitrogens with two attached hydrogens (primary N) is 1. The van der Waals surface area contributed by atoms with Gasteiger partial charge >= 0.3 is 0 Å². The molecule has 0 fully saturated rings. The third-order valence-electron chi connectivity index (χ3n) is 3.33. The Balaban J connectivity index is 2.21. The number of carbonyl (C=O) groups is 1. The lowest BCUT2D eigenvalue weighted by Crippen LogP contribution is -2.33. The number of hydrogen-bond donors (Lipinski definition) is 2. The minimum Gasteiger partial charge on any atom is -0.370 e. The zero-order chi connectivity index (χ0) is 13.8. The van der Waals surface area contributed by atoms with Crippen LogP contribution in [0.1, 0.15) is 31.9 Å². The Morgan fingerprint density at radius 2 is 1.84 bits per heavy atom. The largest absolute Gasteiger partial charge is 0.370 e. The Morgan fingerprint density at radius 1 is 1.16 bits per heavy atom. The first-order chi connectivity index (χ1) is 9.08. The summed E-state index contributed by atoms with van der Waals surface area (Å²) in [5, 5.41) is 5.90. The van der Waals surface area contributed by atoms with E-state index >= 15 is 0 Å². The van der Waals surface area contributed by atoms with Crippen molar-refractivity contribution in [1.82, 2.24) is 5.32 Å². The molecule has 100 valence electrons. The zero-order valence-corrected chi connectivity index (χ0v) is 11.4. The van der Waals surface area contributed by atoms with E-state index in [1.165, 1.54) is 16.3 Å². The Morgan fingerprint density at radius 3 is 2.58 bits per heavy atom. The first-order valence-corrected chi connectivity index (χ1v) is 6.60. The summed E-state index contributed by atoms with van der Waals surface area (Å²) >= 11 is 0. The molecule has 2 aromatic rings. The van der Waals surface area contributed by atoms with Gasteiger partial charge < -0.3 is 11.1 Å². The van der Waals surface area contributed by atoms with Crippen LogP contribution in [0.2, 0.25) is 0 Å². The van der Waals surface area contributed by atoms with Crippen molar-refractivity contribution in [3.63, 3.8) is 0 Å². The van der Waals surface area contributed by atoms with Crippen LogP contribution in [0.5, 0.6) is 0 Å². The van der Waals surface area contributed by atoms with Crippen LogP contribution >= 0.6 is 0 Å². The van der Waals surface area contributed by atoms with E-state index in [1.807, 2.05) is 19.1 Å². The molecular weight excluding hydrogens is 236 g/mol. The van der Waals surface area contributed by atoms with Crippen LogP contribution in [0.15, 0.2) is 42.5 Å². The second-order valence-corrected chi connectivity index (χ2v) is 5.03. The monoisotopic (exact) mass is 256 g/mol. The molecule has 19 heavy (non-hydrogen) atoms. The van der Waals surface area contributed by atoms with Gasteiger partial charge in [0.25, 0.3) is 0 Å². The summed E-state index contributed by atoms with van der Waals surface area (Å²) in [4.78, 5) is 10.9. The highest BCUT2D eigenvalue weighted by Crippen LogP contribution is 2.24. The molecule has 0 spiro atoms. The summed E-state index contributed by atoms with van der Waals surface area (Å²) in [6.07, 6.45) is 0.356. The maximum atomic E-state index is 10.9. The van der Waals surface area contributed by atoms with Gasteiger partial charge in [-0.2, -0.15) is 0 Å². The highest BCUT2D eigenvalue weighted by molar-refractivity contribution is 5.86. The summed E-state index contributed by atoms with van der Waals surface area (Å²) < 4.78 is 0. The van der Waals surface area contributed by atoms with Gasteiger partial charge in [-0.3, -0.25) is 4.79 Å². The van der Waals surface area contributed by atoms with Crippen molar-refractivity contribution in [2.24, 2.45) is 5.73 Å². The Bertz CT molecular complexity index is 574. The molecule has 2 aromatic carbocycles. The zero-order valence-electron chi connectivity index (χ0n) is 11.4. The van der Waals surface area contributed by atoms with Gasteiger partial charge in [-0.25, -0.2) is 0 Å². The number of amides is 1. The Kier molecular flexibility index (Phi) is 4.17.